The Balaban J connectivity index is 1.67. The summed E-state index contributed by atoms with van der Waals surface area (Å²) in [7, 11) is 1.69. The molecule has 1 saturated carbocycles. The van der Waals surface area contributed by atoms with Gasteiger partial charge in [-0.3, -0.25) is 0 Å². The highest BCUT2D eigenvalue weighted by atomic mass is 16.5. The Bertz CT molecular complexity index is 445. The summed E-state index contributed by atoms with van der Waals surface area (Å²) >= 11 is 0. The Kier molecular flexibility index (Phi) is 4.36. The van der Waals surface area contributed by atoms with Crippen molar-refractivity contribution in [3.05, 3.63) is 11.6 Å². The molecule has 0 aromatic carbocycles. The molecule has 2 heterocycles. The molecule has 3 atom stereocenters. The maximum absolute atomic E-state index is 5.14. The van der Waals surface area contributed by atoms with Crippen molar-refractivity contribution in [2.45, 2.75) is 70.7 Å². The summed E-state index contributed by atoms with van der Waals surface area (Å²) < 4.78 is 7.22. The summed E-state index contributed by atoms with van der Waals surface area (Å²) in [6.45, 7) is 3.81. The molecule has 2 aliphatic rings. The Hall–Kier alpha value is -0.940. The van der Waals surface area contributed by atoms with Crippen molar-refractivity contribution in [2.24, 2.45) is 5.92 Å². The Morgan fingerprint density at radius 2 is 2.25 bits per heavy atom. The van der Waals surface area contributed by atoms with Crippen molar-refractivity contribution in [2.75, 3.05) is 7.11 Å². The molecule has 0 spiro atoms. The lowest BCUT2D eigenvalue weighted by molar-refractivity contribution is 0.177. The predicted octanol–water partition coefficient (Wildman–Crippen LogP) is 2.43. The Morgan fingerprint density at radius 3 is 3.00 bits per heavy atom. The molecule has 0 amide bonds. The third-order valence-electron chi connectivity index (χ3n) is 4.75. The minimum atomic E-state index is 0.377. The van der Waals surface area contributed by atoms with E-state index in [2.05, 4.69) is 27.0 Å². The van der Waals surface area contributed by atoms with Crippen LogP contribution in [0.2, 0.25) is 0 Å². The second kappa shape index (κ2) is 6.22. The molecule has 0 bridgehead atoms. The fourth-order valence-electron chi connectivity index (χ4n) is 3.63. The van der Waals surface area contributed by atoms with Gasteiger partial charge in [0.2, 0.25) is 0 Å². The van der Waals surface area contributed by atoms with Gasteiger partial charge in [-0.1, -0.05) is 13.3 Å². The topological polar surface area (TPSA) is 52.0 Å². The summed E-state index contributed by atoms with van der Waals surface area (Å²) in [6.07, 6.45) is 7.70. The lowest BCUT2D eigenvalue weighted by Gasteiger charge is -2.26. The van der Waals surface area contributed by atoms with Crippen LogP contribution >= 0.6 is 0 Å². The van der Waals surface area contributed by atoms with Crippen molar-refractivity contribution < 1.29 is 4.74 Å². The molecule has 5 heteroatoms. The Morgan fingerprint density at radius 1 is 1.35 bits per heavy atom. The van der Waals surface area contributed by atoms with Crippen molar-refractivity contribution in [1.82, 2.24) is 20.1 Å². The molecule has 1 aromatic rings. The molecule has 3 rings (SSSR count). The van der Waals surface area contributed by atoms with Gasteiger partial charge in [0, 0.05) is 19.7 Å². The van der Waals surface area contributed by atoms with E-state index in [9.17, 15) is 0 Å². The van der Waals surface area contributed by atoms with Gasteiger partial charge in [0.15, 0.2) is 5.82 Å². The van der Waals surface area contributed by atoms with Gasteiger partial charge in [-0.15, -0.1) is 0 Å². The van der Waals surface area contributed by atoms with Crippen LogP contribution in [-0.2, 0) is 17.9 Å². The molecule has 1 fully saturated rings. The van der Waals surface area contributed by atoms with Gasteiger partial charge < -0.3 is 10.1 Å². The zero-order valence-electron chi connectivity index (χ0n) is 12.6. The van der Waals surface area contributed by atoms with Crippen LogP contribution in [0.4, 0.5) is 0 Å². The number of aromatic nitrogens is 3. The molecule has 20 heavy (non-hydrogen) atoms. The van der Waals surface area contributed by atoms with E-state index in [1.54, 1.807) is 7.11 Å². The SMILES string of the molecule is CC[C@@H]1CC[C@H](N[C@@H]2CCCn3nc(COC)nc32)C1. The summed E-state index contributed by atoms with van der Waals surface area (Å²) in [5.41, 5.74) is 0. The average molecular weight is 278 g/mol. The van der Waals surface area contributed by atoms with Crippen LogP contribution in [0, 0.1) is 5.92 Å². The van der Waals surface area contributed by atoms with E-state index in [1.807, 2.05) is 0 Å². The fourth-order valence-corrected chi connectivity index (χ4v) is 3.63. The van der Waals surface area contributed by atoms with Crippen molar-refractivity contribution in [1.29, 1.82) is 0 Å². The van der Waals surface area contributed by atoms with E-state index < -0.39 is 0 Å². The number of hydrogen-bond acceptors (Lipinski definition) is 4. The maximum atomic E-state index is 5.14. The lowest BCUT2D eigenvalue weighted by Crippen LogP contribution is -2.35. The van der Waals surface area contributed by atoms with Crippen LogP contribution in [-0.4, -0.2) is 27.9 Å². The number of methoxy groups -OCH3 is 1. The number of aryl methyl sites for hydroxylation is 1. The predicted molar refractivity (Wildman–Crippen MR) is 77.3 cm³/mol. The van der Waals surface area contributed by atoms with E-state index in [4.69, 9.17) is 4.74 Å². The van der Waals surface area contributed by atoms with Crippen LogP contribution in [0.1, 0.15) is 63.1 Å². The number of fused-ring (bicyclic) bond motifs is 1. The van der Waals surface area contributed by atoms with Gasteiger partial charge in [-0.05, 0) is 38.0 Å². The van der Waals surface area contributed by atoms with Crippen LogP contribution in [0.25, 0.3) is 0 Å². The highest BCUT2D eigenvalue weighted by Gasteiger charge is 2.29. The molecule has 1 N–H and O–H groups in total. The molecular weight excluding hydrogens is 252 g/mol. The van der Waals surface area contributed by atoms with Gasteiger partial charge in [-0.2, -0.15) is 5.10 Å². The second-order valence-electron chi connectivity index (χ2n) is 6.19. The number of nitrogens with zero attached hydrogens (tertiary/aromatic N) is 3. The Labute approximate surface area is 121 Å². The minimum Gasteiger partial charge on any atom is -0.377 e. The molecular formula is C15H26N4O. The van der Waals surface area contributed by atoms with Crippen LogP contribution in [0.3, 0.4) is 0 Å². The first-order chi connectivity index (χ1) is 9.80. The van der Waals surface area contributed by atoms with Gasteiger partial charge in [0.05, 0.1) is 6.04 Å². The van der Waals surface area contributed by atoms with Gasteiger partial charge >= 0.3 is 0 Å². The zero-order chi connectivity index (χ0) is 13.9. The van der Waals surface area contributed by atoms with Crippen molar-refractivity contribution in [3.63, 3.8) is 0 Å². The first kappa shape index (κ1) is 14.0. The lowest BCUT2D eigenvalue weighted by atomic mass is 10.0. The number of ether oxygens (including phenoxy) is 1. The molecule has 0 saturated heterocycles. The third kappa shape index (κ3) is 2.88. The van der Waals surface area contributed by atoms with E-state index in [0.717, 1.165) is 24.1 Å². The van der Waals surface area contributed by atoms with Crippen LogP contribution < -0.4 is 5.32 Å². The zero-order valence-corrected chi connectivity index (χ0v) is 12.6. The second-order valence-corrected chi connectivity index (χ2v) is 6.19. The monoisotopic (exact) mass is 278 g/mol. The van der Waals surface area contributed by atoms with E-state index in [0.29, 0.717) is 18.7 Å². The average Bonchev–Trinajstić information content (AvgIpc) is 3.06. The summed E-state index contributed by atoms with van der Waals surface area (Å²) in [6, 6.07) is 1.04. The van der Waals surface area contributed by atoms with Crippen molar-refractivity contribution in [3.8, 4) is 0 Å². The van der Waals surface area contributed by atoms with E-state index in [-0.39, 0.29) is 0 Å². The number of hydrogen-bond donors (Lipinski definition) is 1. The first-order valence-electron chi connectivity index (χ1n) is 7.98. The highest BCUT2D eigenvalue weighted by Crippen LogP contribution is 2.31. The highest BCUT2D eigenvalue weighted by molar-refractivity contribution is 5.03. The third-order valence-corrected chi connectivity index (χ3v) is 4.75. The number of rotatable bonds is 5. The maximum Gasteiger partial charge on any atom is 0.176 e. The van der Waals surface area contributed by atoms with Gasteiger partial charge in [0.1, 0.15) is 12.4 Å². The van der Waals surface area contributed by atoms with Gasteiger partial charge in [-0.25, -0.2) is 9.67 Å². The van der Waals surface area contributed by atoms with Crippen LogP contribution in [0.5, 0.6) is 0 Å². The molecule has 1 aromatic heterocycles. The standard InChI is InChI=1S/C15H26N4O/c1-3-11-6-7-12(9-11)16-13-5-4-8-19-15(13)17-14(18-19)10-20-2/h11-13,16H,3-10H2,1-2H3/t11-,12+,13-/m1/s1. The van der Waals surface area contributed by atoms with Crippen molar-refractivity contribution >= 4 is 0 Å². The number of nitrogens with one attached hydrogen (secondary N) is 1. The smallest absolute Gasteiger partial charge is 0.176 e. The molecule has 5 nitrogen and oxygen atoms in total. The van der Waals surface area contributed by atoms with E-state index >= 15 is 0 Å². The summed E-state index contributed by atoms with van der Waals surface area (Å²) in [5, 5.41) is 8.37. The summed E-state index contributed by atoms with van der Waals surface area (Å²) in [4.78, 5) is 4.67. The largest absolute Gasteiger partial charge is 0.377 e. The quantitative estimate of drug-likeness (QED) is 0.898. The minimum absolute atomic E-state index is 0.377. The molecule has 1 aliphatic carbocycles. The van der Waals surface area contributed by atoms with Crippen LogP contribution in [0.15, 0.2) is 0 Å². The molecule has 1 aliphatic heterocycles. The molecule has 112 valence electrons. The van der Waals surface area contributed by atoms with Gasteiger partial charge in [0.25, 0.3) is 0 Å². The molecule has 0 unspecified atom stereocenters. The molecule has 0 radical (unpaired) electrons. The fraction of sp³-hybridized carbons (Fsp3) is 0.867. The normalized spacial score (nSPS) is 29.6. The summed E-state index contributed by atoms with van der Waals surface area (Å²) in [5.74, 6) is 2.84. The first-order valence-corrected chi connectivity index (χ1v) is 7.98. The van der Waals surface area contributed by atoms with E-state index in [1.165, 1.54) is 38.5 Å².